The van der Waals surface area contributed by atoms with Gasteiger partial charge in [0, 0.05) is 54.6 Å². The van der Waals surface area contributed by atoms with Crippen LogP contribution in [0.4, 0.5) is 21.6 Å². The van der Waals surface area contributed by atoms with Crippen molar-refractivity contribution in [1.82, 2.24) is 29.6 Å². The molecule has 5 aromatic rings. The Hall–Kier alpha value is -4.98. The second kappa shape index (κ2) is 12.8. The summed E-state index contributed by atoms with van der Waals surface area (Å²) in [6, 6.07) is 10.9. The van der Waals surface area contributed by atoms with Crippen molar-refractivity contribution in [2.75, 3.05) is 49.6 Å². The molecule has 0 aliphatic carbocycles. The first-order valence-electron chi connectivity index (χ1n) is 16.4. The van der Waals surface area contributed by atoms with Gasteiger partial charge in [-0.1, -0.05) is 20.8 Å². The fraction of sp³-hybridized carbons (Fsp3) is 0.361. The van der Waals surface area contributed by atoms with Crippen molar-refractivity contribution >= 4 is 28.0 Å². The number of anilines is 3. The maximum absolute atomic E-state index is 15.4. The molecule has 2 fully saturated rings. The number of nitrogens with zero attached hydrogens (tertiary/aromatic N) is 6. The summed E-state index contributed by atoms with van der Waals surface area (Å²) in [6.45, 7) is 12.5. The topological polar surface area (TPSA) is 142 Å². The number of hydrogen-bond acceptors (Lipinski definition) is 10. The summed E-state index contributed by atoms with van der Waals surface area (Å²) >= 11 is 0. The number of aliphatic hydroxyl groups excluding tert-OH is 1. The Bertz CT molecular complexity index is 2150. The van der Waals surface area contributed by atoms with Crippen LogP contribution < -0.4 is 21.3 Å². The Kier molecular flexibility index (Phi) is 8.51. The first kappa shape index (κ1) is 32.6. The number of pyridine rings is 3. The number of nitrogens with one attached hydrogen (secondary N) is 2. The minimum atomic E-state index is -0.695. The number of halogens is 1. The van der Waals surface area contributed by atoms with Gasteiger partial charge in [-0.3, -0.25) is 14.5 Å². The number of aromatic nitrogens is 5. The van der Waals surface area contributed by atoms with Crippen LogP contribution in [0.3, 0.4) is 0 Å². The second-order valence-electron chi connectivity index (χ2n) is 13.6. The molecule has 2 aliphatic rings. The standard InChI is InChI=1S/C36H39FN8O4/c1-21-27(15-30(34(47)41-21)42-31-6-5-24(17-39-31)43-9-11-44(12-10-43)25-19-49-20-25)26-7-8-38-33(28(26)18-46)45-35(48)32-22(16-40-45)13-23(14-29(32)37)36(2,3)4/h5-8,13-17,25,46H,9-12,18-20H2,1-4H3,(H,39,42)(H,41,47). The quantitative estimate of drug-likeness (QED) is 0.233. The van der Waals surface area contributed by atoms with Crippen molar-refractivity contribution in [3.8, 4) is 16.9 Å². The van der Waals surface area contributed by atoms with Gasteiger partial charge in [-0.05, 0) is 59.9 Å². The third-order valence-electron chi connectivity index (χ3n) is 9.45. The zero-order valence-electron chi connectivity index (χ0n) is 28.0. The molecule has 49 heavy (non-hydrogen) atoms. The molecule has 2 saturated heterocycles. The fourth-order valence-electron chi connectivity index (χ4n) is 6.45. The molecule has 0 unspecified atom stereocenters. The van der Waals surface area contributed by atoms with Gasteiger partial charge in [0.2, 0.25) is 0 Å². The number of ether oxygens (including phenoxy) is 1. The summed E-state index contributed by atoms with van der Waals surface area (Å²) < 4.78 is 21.7. The number of rotatable bonds is 7. The third-order valence-corrected chi connectivity index (χ3v) is 9.45. The molecule has 0 amide bonds. The van der Waals surface area contributed by atoms with Crippen LogP contribution in [0.1, 0.15) is 37.6 Å². The first-order valence-corrected chi connectivity index (χ1v) is 16.4. The van der Waals surface area contributed by atoms with Gasteiger partial charge >= 0.3 is 0 Å². The number of aryl methyl sites for hydroxylation is 1. The monoisotopic (exact) mass is 666 g/mol. The number of hydrogen-bond donors (Lipinski definition) is 3. The van der Waals surface area contributed by atoms with Crippen molar-refractivity contribution in [3.05, 3.63) is 98.3 Å². The van der Waals surface area contributed by atoms with E-state index in [-0.39, 0.29) is 33.4 Å². The van der Waals surface area contributed by atoms with E-state index in [1.54, 1.807) is 31.3 Å². The van der Waals surface area contributed by atoms with E-state index in [9.17, 15) is 14.7 Å². The molecule has 0 bridgehead atoms. The van der Waals surface area contributed by atoms with Crippen LogP contribution in [0.5, 0.6) is 0 Å². The number of piperazine rings is 1. The minimum Gasteiger partial charge on any atom is -0.392 e. The highest BCUT2D eigenvalue weighted by molar-refractivity contribution is 5.83. The third kappa shape index (κ3) is 6.20. The first-order chi connectivity index (χ1) is 23.5. The van der Waals surface area contributed by atoms with Crippen LogP contribution in [0.2, 0.25) is 0 Å². The highest BCUT2D eigenvalue weighted by atomic mass is 19.1. The molecule has 7 rings (SSSR count). The average molecular weight is 667 g/mol. The minimum absolute atomic E-state index is 0.0606. The SMILES string of the molecule is Cc1[nH]c(=O)c(Nc2ccc(N3CCN(C4COC4)CC3)cn2)cc1-c1ccnc(-n2ncc3cc(C(C)(C)C)cc(F)c3c2=O)c1CO. The molecular weight excluding hydrogens is 627 g/mol. The number of aromatic amines is 1. The predicted molar refractivity (Wildman–Crippen MR) is 186 cm³/mol. The Morgan fingerprint density at radius 2 is 1.80 bits per heavy atom. The lowest BCUT2D eigenvalue weighted by molar-refractivity contribution is -0.0660. The van der Waals surface area contributed by atoms with E-state index < -0.39 is 18.0 Å². The van der Waals surface area contributed by atoms with Crippen molar-refractivity contribution in [3.63, 3.8) is 0 Å². The van der Waals surface area contributed by atoms with Gasteiger partial charge in [-0.2, -0.15) is 9.78 Å². The molecule has 0 radical (unpaired) electrons. The number of aliphatic hydroxyl groups is 1. The molecule has 4 aromatic heterocycles. The van der Waals surface area contributed by atoms with Gasteiger partial charge in [0.15, 0.2) is 5.82 Å². The lowest BCUT2D eigenvalue weighted by Crippen LogP contribution is -2.56. The Morgan fingerprint density at radius 3 is 2.45 bits per heavy atom. The van der Waals surface area contributed by atoms with E-state index in [1.165, 1.54) is 18.5 Å². The van der Waals surface area contributed by atoms with Crippen LogP contribution >= 0.6 is 0 Å². The second-order valence-corrected chi connectivity index (χ2v) is 13.6. The maximum Gasteiger partial charge on any atom is 0.283 e. The van der Waals surface area contributed by atoms with Crippen LogP contribution in [0.25, 0.3) is 27.7 Å². The summed E-state index contributed by atoms with van der Waals surface area (Å²) in [5, 5.41) is 18.3. The fourth-order valence-corrected chi connectivity index (χ4v) is 6.45. The molecule has 1 aromatic carbocycles. The zero-order chi connectivity index (χ0) is 34.4. The largest absolute Gasteiger partial charge is 0.392 e. The molecule has 0 atom stereocenters. The lowest BCUT2D eigenvalue weighted by Gasteiger charge is -2.43. The maximum atomic E-state index is 15.4. The van der Waals surface area contributed by atoms with Crippen LogP contribution in [0.15, 0.2) is 64.6 Å². The molecule has 12 nitrogen and oxygen atoms in total. The van der Waals surface area contributed by atoms with E-state index in [4.69, 9.17) is 4.74 Å². The summed E-state index contributed by atoms with van der Waals surface area (Å²) in [6.07, 6.45) is 4.72. The highest BCUT2D eigenvalue weighted by Crippen LogP contribution is 2.31. The highest BCUT2D eigenvalue weighted by Gasteiger charge is 2.29. The number of H-pyrrole nitrogens is 1. The molecule has 254 valence electrons. The van der Waals surface area contributed by atoms with E-state index >= 15 is 4.39 Å². The molecule has 3 N–H and O–H groups in total. The number of fused-ring (bicyclic) bond motifs is 1. The molecule has 0 spiro atoms. The van der Waals surface area contributed by atoms with Crippen molar-refractivity contribution < 1.29 is 14.2 Å². The summed E-state index contributed by atoms with van der Waals surface area (Å²) in [5.74, 6) is -0.0951. The van der Waals surface area contributed by atoms with Crippen LogP contribution in [0, 0.1) is 12.7 Å². The Labute approximate surface area is 282 Å². The molecule has 13 heteroatoms. The smallest absolute Gasteiger partial charge is 0.283 e. The molecule has 6 heterocycles. The summed E-state index contributed by atoms with van der Waals surface area (Å²) in [7, 11) is 0. The van der Waals surface area contributed by atoms with Crippen LogP contribution in [-0.2, 0) is 16.8 Å². The van der Waals surface area contributed by atoms with Crippen molar-refractivity contribution in [1.29, 1.82) is 0 Å². The Morgan fingerprint density at radius 1 is 1.02 bits per heavy atom. The van der Waals surface area contributed by atoms with Gasteiger partial charge in [0.25, 0.3) is 11.1 Å². The normalized spacial score (nSPS) is 15.8. The Balaban J connectivity index is 1.18. The van der Waals surface area contributed by atoms with Gasteiger partial charge in [0.05, 0.1) is 49.3 Å². The summed E-state index contributed by atoms with van der Waals surface area (Å²) in [4.78, 5) is 43.3. The number of benzene rings is 1. The van der Waals surface area contributed by atoms with E-state index in [1.807, 2.05) is 32.9 Å². The van der Waals surface area contributed by atoms with Gasteiger partial charge in [-0.15, -0.1) is 0 Å². The molecule has 0 saturated carbocycles. The van der Waals surface area contributed by atoms with E-state index in [2.05, 4.69) is 35.2 Å². The lowest BCUT2D eigenvalue weighted by atomic mass is 9.86. The molecule has 2 aliphatic heterocycles. The summed E-state index contributed by atoms with van der Waals surface area (Å²) in [5.41, 5.74) is 2.58. The van der Waals surface area contributed by atoms with Crippen molar-refractivity contribution in [2.24, 2.45) is 0 Å². The van der Waals surface area contributed by atoms with Gasteiger partial charge < -0.3 is 25.0 Å². The zero-order valence-corrected chi connectivity index (χ0v) is 28.0. The van der Waals surface area contributed by atoms with E-state index in [0.717, 1.165) is 55.3 Å². The van der Waals surface area contributed by atoms with E-state index in [0.29, 0.717) is 34.1 Å². The molecular formula is C36H39FN8O4. The van der Waals surface area contributed by atoms with Crippen molar-refractivity contribution in [2.45, 2.75) is 45.8 Å². The van der Waals surface area contributed by atoms with Crippen LogP contribution in [-0.4, -0.2) is 80.2 Å². The predicted octanol–water partition coefficient (Wildman–Crippen LogP) is 4.03. The van der Waals surface area contributed by atoms with Gasteiger partial charge in [0.1, 0.15) is 17.3 Å². The average Bonchev–Trinajstić information content (AvgIpc) is 3.05. The van der Waals surface area contributed by atoms with Gasteiger partial charge in [-0.25, -0.2) is 14.4 Å².